The minimum absolute atomic E-state index is 0.0967. The number of hydrogen-bond acceptors (Lipinski definition) is 5. The molecule has 0 N–H and O–H groups in total. The van der Waals surface area contributed by atoms with Crippen LogP contribution in [0.5, 0.6) is 0 Å². The molecule has 0 unspecified atom stereocenters. The van der Waals surface area contributed by atoms with E-state index in [-0.39, 0.29) is 19.0 Å². The number of hydrogen-bond donors (Lipinski definition) is 0. The van der Waals surface area contributed by atoms with Gasteiger partial charge in [-0.1, -0.05) is 41.9 Å². The van der Waals surface area contributed by atoms with Gasteiger partial charge in [-0.05, 0) is 50.0 Å². The lowest BCUT2D eigenvalue weighted by Crippen LogP contribution is -2.44. The molecule has 5 rings (SSSR count). The zero-order valence-electron chi connectivity index (χ0n) is 19.2. The van der Waals surface area contributed by atoms with Gasteiger partial charge in [-0.2, -0.15) is 0 Å². The highest BCUT2D eigenvalue weighted by Gasteiger charge is 2.29. The Kier molecular flexibility index (Phi) is 6.48. The van der Waals surface area contributed by atoms with Crippen molar-refractivity contribution in [2.24, 2.45) is 0 Å². The number of halogens is 2. The number of amides is 1. The zero-order chi connectivity index (χ0) is 23.7. The van der Waals surface area contributed by atoms with Gasteiger partial charge in [0.2, 0.25) is 5.91 Å². The Morgan fingerprint density at radius 1 is 1.09 bits per heavy atom. The summed E-state index contributed by atoms with van der Waals surface area (Å²) in [5.74, 6) is 0.688. The molecule has 0 spiro atoms. The number of aromatic nitrogens is 2. The highest BCUT2D eigenvalue weighted by atomic mass is 35.5. The average molecular weight is 480 g/mol. The van der Waals surface area contributed by atoms with E-state index in [4.69, 9.17) is 16.6 Å². The first-order valence-corrected chi connectivity index (χ1v) is 12.0. The highest BCUT2D eigenvalue weighted by molar-refractivity contribution is 6.30. The fraction of sp³-hybridized carbons (Fsp3) is 0.346. The zero-order valence-corrected chi connectivity index (χ0v) is 19.9. The number of rotatable bonds is 6. The summed E-state index contributed by atoms with van der Waals surface area (Å²) >= 11 is 5.90. The quantitative estimate of drug-likeness (QED) is 0.519. The molecule has 3 heterocycles. The number of likely N-dealkylation sites (tertiary alicyclic amines) is 1. The van der Waals surface area contributed by atoms with Gasteiger partial charge in [-0.3, -0.25) is 4.79 Å². The Bertz CT molecular complexity index is 1200. The van der Waals surface area contributed by atoms with Crippen molar-refractivity contribution in [3.8, 4) is 11.4 Å². The Balaban J connectivity index is 1.39. The Hall–Kier alpha value is -3.03. The van der Waals surface area contributed by atoms with Crippen LogP contribution in [0.4, 0.5) is 15.9 Å². The van der Waals surface area contributed by atoms with Gasteiger partial charge in [0.05, 0.1) is 12.7 Å². The highest BCUT2D eigenvalue weighted by Crippen LogP contribution is 2.33. The molecule has 1 aromatic heterocycles. The standard InChI is InChI=1S/C26H27ClFN5O/c1-31-23-15-29-25(19-6-4-18(5-7-19)10-13-32-11-2-3-12-32)30-26(23)33(17-24(31)34)16-20-8-9-21(27)14-22(20)28/h4-9,14-15H,2-3,10-13,16-17H2,1H3. The lowest BCUT2D eigenvalue weighted by atomic mass is 10.1. The molecule has 0 saturated carbocycles. The SMILES string of the molecule is CN1C(=O)CN(Cc2ccc(Cl)cc2F)c2nc(-c3ccc(CCN4CCCC4)cc3)ncc21. The summed E-state index contributed by atoms with van der Waals surface area (Å²) in [5.41, 5.74) is 3.26. The number of carbonyl (C=O) groups excluding carboxylic acids is 1. The van der Waals surface area contributed by atoms with E-state index in [0.717, 1.165) is 18.5 Å². The molecular formula is C26H27ClFN5O. The van der Waals surface area contributed by atoms with Crippen LogP contribution in [0.2, 0.25) is 5.02 Å². The average Bonchev–Trinajstić information content (AvgIpc) is 3.36. The van der Waals surface area contributed by atoms with Crippen LogP contribution in [0.3, 0.4) is 0 Å². The van der Waals surface area contributed by atoms with Crippen LogP contribution < -0.4 is 9.80 Å². The van der Waals surface area contributed by atoms with Crippen molar-refractivity contribution in [1.82, 2.24) is 14.9 Å². The maximum absolute atomic E-state index is 14.5. The molecule has 1 saturated heterocycles. The number of fused-ring (bicyclic) bond motifs is 1. The van der Waals surface area contributed by atoms with E-state index in [1.807, 2.05) is 12.1 Å². The number of carbonyl (C=O) groups is 1. The van der Waals surface area contributed by atoms with Crippen molar-refractivity contribution in [2.75, 3.05) is 43.0 Å². The summed E-state index contributed by atoms with van der Waals surface area (Å²) in [6.45, 7) is 3.81. The fourth-order valence-corrected chi connectivity index (χ4v) is 4.71. The van der Waals surface area contributed by atoms with Gasteiger partial charge < -0.3 is 14.7 Å². The summed E-state index contributed by atoms with van der Waals surface area (Å²) in [6.07, 6.45) is 5.30. The van der Waals surface area contributed by atoms with Gasteiger partial charge in [0.1, 0.15) is 11.5 Å². The first-order chi connectivity index (χ1) is 16.5. The van der Waals surface area contributed by atoms with Crippen LogP contribution in [-0.2, 0) is 17.8 Å². The van der Waals surface area contributed by atoms with Gasteiger partial charge in [-0.25, -0.2) is 14.4 Å². The second kappa shape index (κ2) is 9.68. The molecule has 34 heavy (non-hydrogen) atoms. The summed E-state index contributed by atoms with van der Waals surface area (Å²) < 4.78 is 14.5. The van der Waals surface area contributed by atoms with E-state index >= 15 is 0 Å². The topological polar surface area (TPSA) is 52.6 Å². The molecule has 3 aromatic rings. The lowest BCUT2D eigenvalue weighted by molar-refractivity contribution is -0.117. The van der Waals surface area contributed by atoms with Crippen molar-refractivity contribution in [1.29, 1.82) is 0 Å². The molecule has 6 nitrogen and oxygen atoms in total. The van der Waals surface area contributed by atoms with E-state index in [0.29, 0.717) is 27.9 Å². The predicted molar refractivity (Wildman–Crippen MR) is 133 cm³/mol. The van der Waals surface area contributed by atoms with Crippen molar-refractivity contribution in [2.45, 2.75) is 25.8 Å². The summed E-state index contributed by atoms with van der Waals surface area (Å²) in [7, 11) is 1.71. The summed E-state index contributed by atoms with van der Waals surface area (Å²) in [6, 6.07) is 12.9. The lowest BCUT2D eigenvalue weighted by Gasteiger charge is -2.34. The number of nitrogens with zero attached hydrogens (tertiary/aromatic N) is 5. The Morgan fingerprint density at radius 2 is 1.85 bits per heavy atom. The van der Waals surface area contributed by atoms with Crippen LogP contribution in [0, 0.1) is 5.82 Å². The van der Waals surface area contributed by atoms with Crippen molar-refractivity contribution >= 4 is 29.0 Å². The van der Waals surface area contributed by atoms with E-state index in [9.17, 15) is 9.18 Å². The van der Waals surface area contributed by atoms with Crippen LogP contribution in [0.15, 0.2) is 48.7 Å². The third-order valence-corrected chi connectivity index (χ3v) is 6.85. The van der Waals surface area contributed by atoms with Crippen LogP contribution >= 0.6 is 11.6 Å². The molecule has 2 aromatic carbocycles. The second-order valence-corrected chi connectivity index (χ2v) is 9.38. The first kappa shape index (κ1) is 22.7. The maximum Gasteiger partial charge on any atom is 0.246 e. The molecule has 1 fully saturated rings. The normalized spacial score (nSPS) is 16.3. The molecule has 0 aliphatic carbocycles. The van der Waals surface area contributed by atoms with Gasteiger partial charge in [0.15, 0.2) is 11.6 Å². The number of benzene rings is 2. The van der Waals surface area contributed by atoms with Gasteiger partial charge in [-0.15, -0.1) is 0 Å². The summed E-state index contributed by atoms with van der Waals surface area (Å²) in [4.78, 5) is 27.7. The van der Waals surface area contributed by atoms with E-state index < -0.39 is 5.82 Å². The molecule has 8 heteroatoms. The second-order valence-electron chi connectivity index (χ2n) is 8.94. The largest absolute Gasteiger partial charge is 0.341 e. The van der Waals surface area contributed by atoms with Gasteiger partial charge >= 0.3 is 0 Å². The van der Waals surface area contributed by atoms with Gasteiger partial charge in [0, 0.05) is 36.3 Å². The molecule has 2 aliphatic rings. The third kappa shape index (κ3) is 4.76. The fourth-order valence-electron chi connectivity index (χ4n) is 4.55. The Morgan fingerprint density at radius 3 is 2.59 bits per heavy atom. The monoisotopic (exact) mass is 479 g/mol. The number of anilines is 2. The van der Waals surface area contributed by atoms with Crippen LogP contribution in [0.25, 0.3) is 11.4 Å². The van der Waals surface area contributed by atoms with Gasteiger partial charge in [0.25, 0.3) is 0 Å². The smallest absolute Gasteiger partial charge is 0.246 e. The van der Waals surface area contributed by atoms with E-state index in [1.165, 1.54) is 37.6 Å². The first-order valence-electron chi connectivity index (χ1n) is 11.6. The Labute approximate surface area is 204 Å². The molecule has 176 valence electrons. The van der Waals surface area contributed by atoms with E-state index in [1.54, 1.807) is 35.2 Å². The molecule has 1 amide bonds. The van der Waals surface area contributed by atoms with Crippen LogP contribution in [-0.4, -0.2) is 54.0 Å². The molecular weight excluding hydrogens is 453 g/mol. The van der Waals surface area contributed by atoms with Crippen molar-refractivity contribution in [3.05, 3.63) is 70.6 Å². The number of likely N-dealkylation sites (N-methyl/N-ethyl adjacent to an activating group) is 1. The molecule has 0 atom stereocenters. The van der Waals surface area contributed by atoms with Crippen molar-refractivity contribution < 1.29 is 9.18 Å². The molecule has 0 radical (unpaired) electrons. The third-order valence-electron chi connectivity index (χ3n) is 6.61. The molecule has 0 bridgehead atoms. The maximum atomic E-state index is 14.5. The van der Waals surface area contributed by atoms with Crippen LogP contribution in [0.1, 0.15) is 24.0 Å². The van der Waals surface area contributed by atoms with Crippen molar-refractivity contribution in [3.63, 3.8) is 0 Å². The predicted octanol–water partition coefficient (Wildman–Crippen LogP) is 4.56. The minimum Gasteiger partial charge on any atom is -0.341 e. The van der Waals surface area contributed by atoms with E-state index in [2.05, 4.69) is 22.0 Å². The summed E-state index contributed by atoms with van der Waals surface area (Å²) in [5, 5.41) is 0.338. The molecule has 2 aliphatic heterocycles. The minimum atomic E-state index is -0.403.